The second-order valence-electron chi connectivity index (χ2n) is 3.00. The maximum Gasteiger partial charge on any atom is 0.272 e. The number of carbonyl (C=O) groups excluding carboxylic acids is 1. The zero-order valence-corrected chi connectivity index (χ0v) is 11.4. The van der Waals surface area contributed by atoms with Gasteiger partial charge in [0.1, 0.15) is 12.4 Å². The Kier molecular flexibility index (Phi) is 4.86. The van der Waals surface area contributed by atoms with Gasteiger partial charge in [0.15, 0.2) is 5.78 Å². The van der Waals surface area contributed by atoms with Crippen molar-refractivity contribution in [2.45, 2.75) is 13.3 Å². The first kappa shape index (κ1) is 13.6. The number of carbonyl (C=O) groups is 1. The molecular formula is C10H8Br2F2O2. The third-order valence-electron chi connectivity index (χ3n) is 1.78. The van der Waals surface area contributed by atoms with E-state index in [9.17, 15) is 13.6 Å². The van der Waals surface area contributed by atoms with Crippen molar-refractivity contribution in [3.8, 4) is 5.75 Å². The van der Waals surface area contributed by atoms with Crippen LogP contribution in [0.3, 0.4) is 0 Å². The molecule has 0 heterocycles. The Bertz CT molecular complexity index is 408. The quantitative estimate of drug-likeness (QED) is 0.759. The van der Waals surface area contributed by atoms with Crippen molar-refractivity contribution in [1.29, 1.82) is 0 Å². The van der Waals surface area contributed by atoms with E-state index in [1.54, 1.807) is 12.1 Å². The largest absolute Gasteiger partial charge is 0.485 e. The molecule has 16 heavy (non-hydrogen) atoms. The minimum Gasteiger partial charge on any atom is -0.485 e. The number of hydrogen-bond acceptors (Lipinski definition) is 2. The summed E-state index contributed by atoms with van der Waals surface area (Å²) in [4.78, 5) is 11.2. The first-order valence-corrected chi connectivity index (χ1v) is 5.92. The summed E-state index contributed by atoms with van der Waals surface area (Å²) in [6.07, 6.45) is -2.56. The molecule has 1 rings (SSSR count). The molecule has 88 valence electrons. The Morgan fingerprint density at radius 2 is 2.06 bits per heavy atom. The van der Waals surface area contributed by atoms with Crippen molar-refractivity contribution in [1.82, 2.24) is 0 Å². The zero-order valence-electron chi connectivity index (χ0n) is 8.27. The highest BCUT2D eigenvalue weighted by molar-refractivity contribution is 9.11. The van der Waals surface area contributed by atoms with Gasteiger partial charge in [-0.2, -0.15) is 0 Å². The van der Waals surface area contributed by atoms with Gasteiger partial charge in [-0.1, -0.05) is 0 Å². The van der Waals surface area contributed by atoms with Crippen LogP contribution in [0.5, 0.6) is 5.75 Å². The fourth-order valence-electron chi connectivity index (χ4n) is 1.08. The lowest BCUT2D eigenvalue weighted by Gasteiger charge is -2.11. The molecule has 0 N–H and O–H groups in total. The molecule has 0 fully saturated rings. The average molecular weight is 358 g/mol. The fraction of sp³-hybridized carbons (Fsp3) is 0.300. The van der Waals surface area contributed by atoms with E-state index < -0.39 is 13.0 Å². The molecule has 0 bridgehead atoms. The van der Waals surface area contributed by atoms with Gasteiger partial charge in [0.05, 0.1) is 8.95 Å². The van der Waals surface area contributed by atoms with Crippen molar-refractivity contribution in [3.63, 3.8) is 0 Å². The Morgan fingerprint density at radius 3 is 2.56 bits per heavy atom. The standard InChI is InChI=1S/C10H8Br2F2O2/c1-5(15)6-2-3-7(11)10(9(6)12)16-4-8(13)14/h2-3,8H,4H2,1H3. The van der Waals surface area contributed by atoms with E-state index in [1.165, 1.54) is 6.92 Å². The first-order valence-electron chi connectivity index (χ1n) is 4.33. The summed E-state index contributed by atoms with van der Waals surface area (Å²) in [6, 6.07) is 3.17. The maximum atomic E-state index is 12.0. The molecule has 1 aromatic carbocycles. The molecule has 0 aromatic heterocycles. The average Bonchev–Trinajstić information content (AvgIpc) is 2.16. The van der Waals surface area contributed by atoms with Gasteiger partial charge in [-0.15, -0.1) is 0 Å². The molecule has 0 unspecified atom stereocenters. The number of Topliss-reactive ketones (excluding diaryl/α,β-unsaturated/α-hetero) is 1. The molecule has 0 saturated carbocycles. The molecule has 1 aromatic rings. The van der Waals surface area contributed by atoms with Crippen LogP contribution in [0.15, 0.2) is 21.1 Å². The van der Waals surface area contributed by atoms with Crippen LogP contribution in [0.25, 0.3) is 0 Å². The highest BCUT2D eigenvalue weighted by Crippen LogP contribution is 2.36. The number of rotatable bonds is 4. The lowest BCUT2D eigenvalue weighted by atomic mass is 10.1. The lowest BCUT2D eigenvalue weighted by molar-refractivity contribution is 0.0810. The summed E-state index contributed by atoms with van der Waals surface area (Å²) in [5.74, 6) is 0.0503. The predicted octanol–water partition coefficient (Wildman–Crippen LogP) is 4.06. The number of benzene rings is 1. The van der Waals surface area contributed by atoms with E-state index >= 15 is 0 Å². The molecule has 0 saturated heterocycles. The Labute approximate surface area is 108 Å². The van der Waals surface area contributed by atoms with Crippen molar-refractivity contribution in [2.75, 3.05) is 6.61 Å². The molecule has 0 amide bonds. The van der Waals surface area contributed by atoms with Gasteiger partial charge in [0.25, 0.3) is 6.43 Å². The van der Waals surface area contributed by atoms with E-state index in [0.29, 0.717) is 14.5 Å². The number of alkyl halides is 2. The van der Waals surface area contributed by atoms with Crippen LogP contribution in [0.1, 0.15) is 17.3 Å². The molecule has 0 radical (unpaired) electrons. The fourth-order valence-corrected chi connectivity index (χ4v) is 2.53. The van der Waals surface area contributed by atoms with Crippen molar-refractivity contribution < 1.29 is 18.3 Å². The van der Waals surface area contributed by atoms with Gasteiger partial charge in [0.2, 0.25) is 0 Å². The Morgan fingerprint density at radius 1 is 1.44 bits per heavy atom. The molecule has 0 aliphatic heterocycles. The normalized spacial score (nSPS) is 10.6. The van der Waals surface area contributed by atoms with E-state index in [1.807, 2.05) is 0 Å². The summed E-state index contributed by atoms with van der Waals surface area (Å²) < 4.78 is 29.9. The van der Waals surface area contributed by atoms with Crippen LogP contribution in [0, 0.1) is 0 Å². The summed E-state index contributed by atoms with van der Waals surface area (Å²) in [7, 11) is 0. The van der Waals surface area contributed by atoms with E-state index in [-0.39, 0.29) is 11.5 Å². The molecule has 2 nitrogen and oxygen atoms in total. The van der Waals surface area contributed by atoms with E-state index in [4.69, 9.17) is 4.74 Å². The van der Waals surface area contributed by atoms with Crippen molar-refractivity contribution >= 4 is 37.6 Å². The topological polar surface area (TPSA) is 26.3 Å². The third kappa shape index (κ3) is 3.25. The summed E-state index contributed by atoms with van der Waals surface area (Å²) in [6.45, 7) is 0.684. The second kappa shape index (κ2) is 5.72. The second-order valence-corrected chi connectivity index (χ2v) is 4.64. The van der Waals surface area contributed by atoms with Gasteiger partial charge >= 0.3 is 0 Å². The summed E-state index contributed by atoms with van der Waals surface area (Å²) in [5, 5.41) is 0. The van der Waals surface area contributed by atoms with Crippen LogP contribution in [-0.4, -0.2) is 18.8 Å². The lowest BCUT2D eigenvalue weighted by Crippen LogP contribution is -2.08. The van der Waals surface area contributed by atoms with Crippen LogP contribution in [0.2, 0.25) is 0 Å². The van der Waals surface area contributed by atoms with Crippen LogP contribution >= 0.6 is 31.9 Å². The minimum atomic E-state index is -2.56. The zero-order chi connectivity index (χ0) is 12.3. The predicted molar refractivity (Wildman–Crippen MR) is 63.3 cm³/mol. The maximum absolute atomic E-state index is 12.0. The van der Waals surface area contributed by atoms with Gasteiger partial charge < -0.3 is 4.74 Å². The smallest absolute Gasteiger partial charge is 0.272 e. The van der Waals surface area contributed by atoms with Crippen molar-refractivity contribution in [2.24, 2.45) is 0 Å². The van der Waals surface area contributed by atoms with E-state index in [2.05, 4.69) is 31.9 Å². The SMILES string of the molecule is CC(=O)c1ccc(Br)c(OCC(F)F)c1Br. The monoisotopic (exact) mass is 356 g/mol. The first-order chi connectivity index (χ1) is 7.43. The summed E-state index contributed by atoms with van der Waals surface area (Å²) >= 11 is 6.33. The molecule has 0 spiro atoms. The van der Waals surface area contributed by atoms with Crippen LogP contribution in [-0.2, 0) is 0 Å². The number of ether oxygens (including phenoxy) is 1. The molecule has 0 aliphatic rings. The molecule has 6 heteroatoms. The Balaban J connectivity index is 3.06. The Hall–Kier alpha value is -0.490. The van der Waals surface area contributed by atoms with Crippen LogP contribution < -0.4 is 4.74 Å². The van der Waals surface area contributed by atoms with Crippen LogP contribution in [0.4, 0.5) is 8.78 Å². The third-order valence-corrected chi connectivity index (χ3v) is 3.19. The van der Waals surface area contributed by atoms with Gasteiger partial charge in [0, 0.05) is 5.56 Å². The van der Waals surface area contributed by atoms with Gasteiger partial charge in [-0.25, -0.2) is 8.78 Å². The number of hydrogen-bond donors (Lipinski definition) is 0. The van der Waals surface area contributed by atoms with Gasteiger partial charge in [-0.05, 0) is 50.9 Å². The minimum absolute atomic E-state index is 0.165. The molecule has 0 atom stereocenters. The summed E-state index contributed by atoms with van der Waals surface area (Å²) in [5.41, 5.74) is 0.396. The number of halogens is 4. The highest BCUT2D eigenvalue weighted by Gasteiger charge is 2.15. The number of ketones is 1. The van der Waals surface area contributed by atoms with Gasteiger partial charge in [-0.3, -0.25) is 4.79 Å². The molecular weight excluding hydrogens is 350 g/mol. The van der Waals surface area contributed by atoms with E-state index in [0.717, 1.165) is 0 Å². The van der Waals surface area contributed by atoms with Crippen molar-refractivity contribution in [3.05, 3.63) is 26.6 Å². The highest BCUT2D eigenvalue weighted by atomic mass is 79.9. The molecule has 0 aliphatic carbocycles.